The summed E-state index contributed by atoms with van der Waals surface area (Å²) >= 11 is 0. The van der Waals surface area contributed by atoms with Crippen LogP contribution in [0.2, 0.25) is 0 Å². The summed E-state index contributed by atoms with van der Waals surface area (Å²) in [6, 6.07) is 9.84. The van der Waals surface area contributed by atoms with E-state index >= 15 is 0 Å². The predicted octanol–water partition coefficient (Wildman–Crippen LogP) is 3.17. The second kappa shape index (κ2) is 11.6. The molecular weight excluding hydrogens is 384 g/mol. The van der Waals surface area contributed by atoms with Gasteiger partial charge in [0, 0.05) is 25.4 Å². The average molecular weight is 419 g/mol. The molecule has 3 rings (SSSR count). The Bertz CT molecular complexity index is 676. The molecule has 6 heteroatoms. The molecule has 166 valence electrons. The van der Waals surface area contributed by atoms with E-state index in [1.54, 1.807) is 6.08 Å². The number of carboxylic acids is 1. The number of carbonyl (C=O) groups is 1. The quantitative estimate of drug-likeness (QED) is 0.505. The molecule has 2 fully saturated rings. The van der Waals surface area contributed by atoms with Crippen LogP contribution in [0.25, 0.3) is 0 Å². The molecule has 1 saturated carbocycles. The zero-order chi connectivity index (χ0) is 21.3. The minimum Gasteiger partial charge on any atom is -0.481 e. The van der Waals surface area contributed by atoms with Crippen LogP contribution in [0.3, 0.4) is 0 Å². The van der Waals surface area contributed by atoms with Gasteiger partial charge in [-0.05, 0) is 43.1 Å². The SMILES string of the molecule is O=C(O)CCCC1CC[C@@H]2[C@@H](/C=C/C(O)COCc3ccccc3)[C@H](O)C[C@@H]2OC1. The molecule has 6 atom stereocenters. The summed E-state index contributed by atoms with van der Waals surface area (Å²) in [5.74, 6) is -0.163. The molecule has 3 N–H and O–H groups in total. The van der Waals surface area contributed by atoms with Crippen molar-refractivity contribution in [2.24, 2.45) is 17.8 Å². The number of ether oxygens (including phenoxy) is 2. The largest absolute Gasteiger partial charge is 0.481 e. The molecule has 0 bridgehead atoms. The zero-order valence-electron chi connectivity index (χ0n) is 17.4. The van der Waals surface area contributed by atoms with Gasteiger partial charge in [0.1, 0.15) is 0 Å². The monoisotopic (exact) mass is 418 g/mol. The van der Waals surface area contributed by atoms with Crippen LogP contribution in [0, 0.1) is 17.8 Å². The summed E-state index contributed by atoms with van der Waals surface area (Å²) in [7, 11) is 0. The lowest BCUT2D eigenvalue weighted by molar-refractivity contribution is -0.137. The standard InChI is InChI=1S/C24H34O6/c25-19(16-29-14-17-5-2-1-3-6-17)10-12-20-21-11-9-18(7-4-8-24(27)28)15-30-23(21)13-22(20)26/h1-3,5-6,10,12,18-23,25-26H,4,7-9,11,13-16H2,(H,27,28)/b12-10+/t18?,19?,20-,21-,22-,23+/m1/s1. The van der Waals surface area contributed by atoms with Crippen LogP contribution in [-0.4, -0.2) is 52.8 Å². The first-order valence-electron chi connectivity index (χ1n) is 11.0. The van der Waals surface area contributed by atoms with E-state index in [1.165, 1.54) is 0 Å². The van der Waals surface area contributed by atoms with E-state index < -0.39 is 18.2 Å². The average Bonchev–Trinajstić information content (AvgIpc) is 2.89. The lowest BCUT2D eigenvalue weighted by atomic mass is 9.86. The topological polar surface area (TPSA) is 96.2 Å². The molecule has 0 spiro atoms. The Labute approximate surface area is 178 Å². The molecule has 2 unspecified atom stereocenters. The van der Waals surface area contributed by atoms with Crippen molar-refractivity contribution in [1.82, 2.24) is 0 Å². The molecule has 0 radical (unpaired) electrons. The van der Waals surface area contributed by atoms with E-state index in [4.69, 9.17) is 14.6 Å². The number of aliphatic hydroxyl groups is 2. The third-order valence-electron chi connectivity index (χ3n) is 6.30. The predicted molar refractivity (Wildman–Crippen MR) is 113 cm³/mol. The maximum Gasteiger partial charge on any atom is 0.303 e. The summed E-state index contributed by atoms with van der Waals surface area (Å²) in [5, 5.41) is 29.6. The number of carboxylic acid groups (broad SMARTS) is 1. The number of aliphatic hydroxyl groups excluding tert-OH is 2. The number of aliphatic carboxylic acids is 1. The zero-order valence-corrected chi connectivity index (χ0v) is 17.4. The normalized spacial score (nSPS) is 30.1. The van der Waals surface area contributed by atoms with Crippen LogP contribution in [0.1, 0.15) is 44.1 Å². The van der Waals surface area contributed by atoms with Crippen molar-refractivity contribution in [3.05, 3.63) is 48.0 Å². The molecular formula is C24H34O6. The van der Waals surface area contributed by atoms with Crippen LogP contribution < -0.4 is 0 Å². The van der Waals surface area contributed by atoms with Gasteiger partial charge in [0.15, 0.2) is 0 Å². The molecule has 2 aliphatic rings. The molecule has 1 heterocycles. The first kappa shape index (κ1) is 22.9. The fourth-order valence-electron chi connectivity index (χ4n) is 4.67. The number of hydrogen-bond donors (Lipinski definition) is 3. The summed E-state index contributed by atoms with van der Waals surface area (Å²) in [4.78, 5) is 10.7. The second-order valence-corrected chi connectivity index (χ2v) is 8.60. The van der Waals surface area contributed by atoms with Crippen molar-refractivity contribution in [2.45, 2.75) is 63.4 Å². The summed E-state index contributed by atoms with van der Waals surface area (Å²) in [5.41, 5.74) is 1.07. The number of rotatable bonds is 10. The summed E-state index contributed by atoms with van der Waals surface area (Å²) < 4.78 is 11.7. The minimum absolute atomic E-state index is 0.0310. The summed E-state index contributed by atoms with van der Waals surface area (Å²) in [6.45, 7) is 1.31. The van der Waals surface area contributed by atoms with E-state index in [2.05, 4.69) is 0 Å². The van der Waals surface area contributed by atoms with Gasteiger partial charge in [-0.25, -0.2) is 0 Å². The van der Waals surface area contributed by atoms with Gasteiger partial charge in [-0.3, -0.25) is 4.79 Å². The fourth-order valence-corrected chi connectivity index (χ4v) is 4.67. The van der Waals surface area contributed by atoms with Crippen molar-refractivity contribution in [2.75, 3.05) is 13.2 Å². The Morgan fingerprint density at radius 2 is 2.07 bits per heavy atom. The molecule has 1 saturated heterocycles. The number of benzene rings is 1. The van der Waals surface area contributed by atoms with Crippen molar-refractivity contribution in [1.29, 1.82) is 0 Å². The van der Waals surface area contributed by atoms with Crippen LogP contribution in [0.15, 0.2) is 42.5 Å². The first-order valence-corrected chi connectivity index (χ1v) is 11.0. The van der Waals surface area contributed by atoms with Crippen molar-refractivity contribution in [3.8, 4) is 0 Å². The number of hydrogen-bond acceptors (Lipinski definition) is 5. The Hall–Kier alpha value is -1.73. The first-order chi connectivity index (χ1) is 14.5. The molecule has 1 aliphatic heterocycles. The smallest absolute Gasteiger partial charge is 0.303 e. The van der Waals surface area contributed by atoms with Crippen LogP contribution >= 0.6 is 0 Å². The lowest BCUT2D eigenvalue weighted by Crippen LogP contribution is -2.22. The Morgan fingerprint density at radius 3 is 2.83 bits per heavy atom. The van der Waals surface area contributed by atoms with E-state index in [0.29, 0.717) is 32.0 Å². The van der Waals surface area contributed by atoms with Gasteiger partial charge >= 0.3 is 5.97 Å². The summed E-state index contributed by atoms with van der Waals surface area (Å²) in [6.07, 6.45) is 6.83. The van der Waals surface area contributed by atoms with Crippen LogP contribution in [-0.2, 0) is 20.9 Å². The van der Waals surface area contributed by atoms with Crippen LogP contribution in [0.5, 0.6) is 0 Å². The maximum atomic E-state index is 10.7. The van der Waals surface area contributed by atoms with Gasteiger partial charge in [-0.1, -0.05) is 42.5 Å². The molecule has 30 heavy (non-hydrogen) atoms. The van der Waals surface area contributed by atoms with Crippen molar-refractivity contribution in [3.63, 3.8) is 0 Å². The molecule has 1 aromatic carbocycles. The van der Waals surface area contributed by atoms with E-state index in [-0.39, 0.29) is 31.0 Å². The highest BCUT2D eigenvalue weighted by atomic mass is 16.5. The van der Waals surface area contributed by atoms with Gasteiger partial charge in [-0.15, -0.1) is 0 Å². The van der Waals surface area contributed by atoms with Crippen LogP contribution in [0.4, 0.5) is 0 Å². The van der Waals surface area contributed by atoms with Gasteiger partial charge in [-0.2, -0.15) is 0 Å². The third kappa shape index (κ3) is 6.91. The molecule has 0 amide bonds. The fraction of sp³-hybridized carbons (Fsp3) is 0.625. The highest BCUT2D eigenvalue weighted by Gasteiger charge is 2.43. The van der Waals surface area contributed by atoms with E-state index in [0.717, 1.165) is 24.8 Å². The Morgan fingerprint density at radius 1 is 1.27 bits per heavy atom. The lowest BCUT2D eigenvalue weighted by Gasteiger charge is -2.21. The molecule has 1 aliphatic carbocycles. The van der Waals surface area contributed by atoms with E-state index in [9.17, 15) is 15.0 Å². The maximum absolute atomic E-state index is 10.7. The van der Waals surface area contributed by atoms with Gasteiger partial charge in [0.05, 0.1) is 31.5 Å². The van der Waals surface area contributed by atoms with Gasteiger partial charge in [0.2, 0.25) is 0 Å². The Balaban J connectivity index is 1.45. The van der Waals surface area contributed by atoms with Gasteiger partial charge in [0.25, 0.3) is 0 Å². The highest BCUT2D eigenvalue weighted by Crippen LogP contribution is 2.41. The van der Waals surface area contributed by atoms with Crippen molar-refractivity contribution >= 4 is 5.97 Å². The minimum atomic E-state index is -0.749. The highest BCUT2D eigenvalue weighted by molar-refractivity contribution is 5.66. The number of fused-ring (bicyclic) bond motifs is 1. The van der Waals surface area contributed by atoms with Gasteiger partial charge < -0.3 is 24.8 Å². The Kier molecular flexibility index (Phi) is 8.88. The molecule has 6 nitrogen and oxygen atoms in total. The second-order valence-electron chi connectivity index (χ2n) is 8.60. The molecule has 1 aromatic rings. The molecule has 0 aromatic heterocycles. The third-order valence-corrected chi connectivity index (χ3v) is 6.30. The van der Waals surface area contributed by atoms with Crippen molar-refractivity contribution < 1.29 is 29.6 Å². The van der Waals surface area contributed by atoms with E-state index in [1.807, 2.05) is 36.4 Å².